The Morgan fingerprint density at radius 2 is 2.03 bits per heavy atom. The van der Waals surface area contributed by atoms with Gasteiger partial charge in [0, 0.05) is 47.0 Å². The molecule has 4 rings (SSSR count). The molecule has 5 nitrogen and oxygen atoms in total. The molecule has 0 spiro atoms. The summed E-state index contributed by atoms with van der Waals surface area (Å²) in [6, 6.07) is 8.60. The second-order valence-electron chi connectivity index (χ2n) is 9.20. The van der Waals surface area contributed by atoms with Crippen molar-refractivity contribution < 1.29 is 27.8 Å². The molecule has 3 atom stereocenters. The Labute approximate surface area is 223 Å². The lowest BCUT2D eigenvalue weighted by Crippen LogP contribution is -2.44. The monoisotopic (exact) mass is 552 g/mol. The van der Waals surface area contributed by atoms with Crippen molar-refractivity contribution in [2.75, 3.05) is 32.5 Å². The number of halogens is 4. The van der Waals surface area contributed by atoms with E-state index >= 15 is 4.39 Å². The number of carbonyl (C=O) groups is 1. The average Bonchev–Trinajstić information content (AvgIpc) is 2.86. The van der Waals surface area contributed by atoms with Crippen LogP contribution in [0.15, 0.2) is 47.5 Å². The lowest BCUT2D eigenvalue weighted by atomic mass is 9.81. The van der Waals surface area contributed by atoms with Crippen molar-refractivity contribution in [2.24, 2.45) is 11.8 Å². The predicted molar refractivity (Wildman–Crippen MR) is 139 cm³/mol. The molecule has 1 aliphatic rings. The Morgan fingerprint density at radius 1 is 1.27 bits per heavy atom. The number of carboxylic acids is 1. The molecule has 3 aromatic rings. The van der Waals surface area contributed by atoms with E-state index < -0.39 is 29.7 Å². The molecular weight excluding hydrogens is 525 g/mol. The minimum atomic E-state index is -1.37. The van der Waals surface area contributed by atoms with Crippen molar-refractivity contribution in [2.45, 2.75) is 30.3 Å². The number of aliphatic carboxylic acids is 1. The van der Waals surface area contributed by atoms with Gasteiger partial charge in [0.1, 0.15) is 23.6 Å². The molecule has 0 amide bonds. The zero-order chi connectivity index (χ0) is 26.5. The number of rotatable bonds is 10. The molecule has 2 aromatic carbocycles. The maximum absolute atomic E-state index is 15.5. The van der Waals surface area contributed by atoms with Gasteiger partial charge in [0.25, 0.3) is 0 Å². The third-order valence-electron chi connectivity index (χ3n) is 6.84. The smallest absolute Gasteiger partial charge is 0.308 e. The third kappa shape index (κ3) is 6.89. The first-order valence-corrected chi connectivity index (χ1v) is 13.4. The summed E-state index contributed by atoms with van der Waals surface area (Å²) < 4.78 is 47.6. The molecular formula is C27H28ClF3N2O3S. The molecule has 1 saturated heterocycles. The summed E-state index contributed by atoms with van der Waals surface area (Å²) in [4.78, 5) is 18.9. The van der Waals surface area contributed by atoms with Gasteiger partial charge in [0.15, 0.2) is 0 Å². The van der Waals surface area contributed by atoms with Gasteiger partial charge < -0.3 is 14.7 Å². The van der Waals surface area contributed by atoms with Crippen LogP contribution < -0.4 is 4.74 Å². The summed E-state index contributed by atoms with van der Waals surface area (Å²) in [5, 5.41) is 10.7. The molecule has 1 aromatic heterocycles. The second-order valence-corrected chi connectivity index (χ2v) is 10.8. The van der Waals surface area contributed by atoms with Crippen LogP contribution in [0.4, 0.5) is 13.2 Å². The molecule has 0 bridgehead atoms. The van der Waals surface area contributed by atoms with E-state index in [1.54, 1.807) is 18.2 Å². The van der Waals surface area contributed by atoms with E-state index in [4.69, 9.17) is 16.3 Å². The Kier molecular flexibility index (Phi) is 9.21. The van der Waals surface area contributed by atoms with Crippen LogP contribution in [0.1, 0.15) is 31.0 Å². The van der Waals surface area contributed by atoms with Gasteiger partial charge in [-0.15, -0.1) is 11.8 Å². The molecule has 1 aliphatic heterocycles. The third-order valence-corrected chi connectivity index (χ3v) is 8.10. The molecule has 10 heteroatoms. The maximum atomic E-state index is 15.5. The molecule has 1 fully saturated rings. The van der Waals surface area contributed by atoms with Crippen LogP contribution in [0.25, 0.3) is 10.9 Å². The van der Waals surface area contributed by atoms with Gasteiger partial charge in [0.05, 0.1) is 23.6 Å². The van der Waals surface area contributed by atoms with Crippen molar-refractivity contribution >= 4 is 40.2 Å². The predicted octanol–water partition coefficient (Wildman–Crippen LogP) is 6.78. The van der Waals surface area contributed by atoms with Crippen molar-refractivity contribution in [3.05, 3.63) is 64.8 Å². The Hall–Kier alpha value is -2.49. The van der Waals surface area contributed by atoms with E-state index in [1.807, 2.05) is 4.90 Å². The summed E-state index contributed by atoms with van der Waals surface area (Å²) in [5.41, 5.74) is 0.958. The van der Waals surface area contributed by atoms with E-state index in [2.05, 4.69) is 4.98 Å². The van der Waals surface area contributed by atoms with Crippen molar-refractivity contribution in [3.8, 4) is 5.75 Å². The number of piperidine rings is 1. The van der Waals surface area contributed by atoms with E-state index in [9.17, 15) is 18.7 Å². The van der Waals surface area contributed by atoms with Gasteiger partial charge >= 0.3 is 5.97 Å². The first-order valence-electron chi connectivity index (χ1n) is 12.1. The highest BCUT2D eigenvalue weighted by molar-refractivity contribution is 7.99. The second kappa shape index (κ2) is 12.4. The first kappa shape index (κ1) is 27.5. The molecule has 0 aliphatic carbocycles. The highest BCUT2D eigenvalue weighted by Gasteiger charge is 2.34. The normalized spacial score (nSPS) is 19.2. The molecule has 0 unspecified atom stereocenters. The highest BCUT2D eigenvalue weighted by atomic mass is 35.5. The number of fused-ring (bicyclic) bond motifs is 1. The van der Waals surface area contributed by atoms with E-state index in [0.29, 0.717) is 65.3 Å². The number of likely N-dealkylation sites (tertiary alicyclic amines) is 1. The van der Waals surface area contributed by atoms with Gasteiger partial charge in [0.2, 0.25) is 0 Å². The summed E-state index contributed by atoms with van der Waals surface area (Å²) in [7, 11) is 1.53. The quantitative estimate of drug-likeness (QED) is 0.280. The molecule has 198 valence electrons. The van der Waals surface area contributed by atoms with Gasteiger partial charge in [-0.2, -0.15) is 0 Å². The highest BCUT2D eigenvalue weighted by Crippen LogP contribution is 2.38. The van der Waals surface area contributed by atoms with Gasteiger partial charge in [-0.05, 0) is 62.1 Å². The zero-order valence-corrected chi connectivity index (χ0v) is 21.9. The van der Waals surface area contributed by atoms with Crippen molar-refractivity contribution in [1.29, 1.82) is 0 Å². The fourth-order valence-electron chi connectivity index (χ4n) is 4.92. The summed E-state index contributed by atoms with van der Waals surface area (Å²) in [6.45, 7) is 1.62. The van der Waals surface area contributed by atoms with Crippen LogP contribution in [-0.2, 0) is 4.79 Å². The number of hydrogen-bond donors (Lipinski definition) is 1. The van der Waals surface area contributed by atoms with Crippen LogP contribution in [0.2, 0.25) is 5.02 Å². The summed E-state index contributed by atoms with van der Waals surface area (Å²) in [6.07, 6.45) is 1.24. The lowest BCUT2D eigenvalue weighted by Gasteiger charge is -2.36. The van der Waals surface area contributed by atoms with Crippen molar-refractivity contribution in [3.63, 3.8) is 0 Å². The van der Waals surface area contributed by atoms with Crippen molar-refractivity contribution in [1.82, 2.24) is 9.88 Å². The number of ether oxygens (including phenoxy) is 1. The molecule has 0 saturated carbocycles. The molecule has 1 N–H and O–H groups in total. The molecule has 0 radical (unpaired) electrons. The largest absolute Gasteiger partial charge is 0.497 e. The SMILES string of the molecule is COc1ccc2ncc(Cl)c([C@@H](F)CC[C@H]3CCN(CCSc4cc(F)cc(F)c4)C[C@H]3C(=O)O)c2c1. The van der Waals surface area contributed by atoms with Gasteiger partial charge in [-0.1, -0.05) is 11.6 Å². The van der Waals surface area contributed by atoms with Crippen LogP contribution in [0.3, 0.4) is 0 Å². The number of thioether (sulfide) groups is 1. The number of carboxylic acid groups (broad SMARTS) is 1. The lowest BCUT2D eigenvalue weighted by molar-refractivity contribution is -0.146. The van der Waals surface area contributed by atoms with Crippen LogP contribution >= 0.6 is 23.4 Å². The number of benzene rings is 2. The van der Waals surface area contributed by atoms with E-state index in [0.717, 1.165) is 6.07 Å². The van der Waals surface area contributed by atoms with Gasteiger partial charge in [-0.3, -0.25) is 9.78 Å². The Morgan fingerprint density at radius 3 is 2.73 bits per heavy atom. The number of methoxy groups -OCH3 is 1. The standard InChI is InChI=1S/C27H28ClF3N2O3S/c1-36-19-3-5-25-21(13-19)26(23(28)14-32-25)24(31)4-2-16-6-7-33(15-22(16)27(34)35)8-9-37-20-11-17(29)10-18(30)12-20/h3,5,10-14,16,22,24H,2,4,6-9,15H2,1H3,(H,34,35)/t16-,22+,24-/m0/s1. The van der Waals surface area contributed by atoms with E-state index in [-0.39, 0.29) is 17.4 Å². The molecule has 2 heterocycles. The number of pyridine rings is 1. The zero-order valence-electron chi connectivity index (χ0n) is 20.3. The number of hydrogen-bond acceptors (Lipinski definition) is 5. The van der Waals surface area contributed by atoms with Crippen LogP contribution in [0, 0.1) is 23.5 Å². The summed E-state index contributed by atoms with van der Waals surface area (Å²) in [5.74, 6) is -1.79. The van der Waals surface area contributed by atoms with E-state index in [1.165, 1.54) is 37.2 Å². The molecule has 37 heavy (non-hydrogen) atoms. The van der Waals surface area contributed by atoms with Gasteiger partial charge in [-0.25, -0.2) is 13.2 Å². The maximum Gasteiger partial charge on any atom is 0.308 e. The number of alkyl halides is 1. The van der Waals surface area contributed by atoms with Crippen LogP contribution in [0.5, 0.6) is 5.75 Å². The fraction of sp³-hybridized carbons (Fsp3) is 0.407. The summed E-state index contributed by atoms with van der Waals surface area (Å²) >= 11 is 7.66. The number of nitrogens with zero attached hydrogens (tertiary/aromatic N) is 2. The number of aromatic nitrogens is 1. The van der Waals surface area contributed by atoms with Crippen LogP contribution in [-0.4, -0.2) is 53.5 Å². The Balaban J connectivity index is 1.36. The minimum Gasteiger partial charge on any atom is -0.497 e. The minimum absolute atomic E-state index is 0.144. The Bertz CT molecular complexity index is 1240. The average molecular weight is 553 g/mol. The first-order chi connectivity index (χ1) is 17.7. The fourth-order valence-corrected chi connectivity index (χ4v) is 6.16. The topological polar surface area (TPSA) is 62.7 Å².